The smallest absolute Gasteiger partial charge is 0.364 e. The summed E-state index contributed by atoms with van der Waals surface area (Å²) in [5.41, 5.74) is 18.1. The Labute approximate surface area is 327 Å². The van der Waals surface area contributed by atoms with Crippen molar-refractivity contribution in [3.63, 3.8) is 0 Å². The van der Waals surface area contributed by atoms with Gasteiger partial charge in [0.2, 0.25) is 0 Å². The van der Waals surface area contributed by atoms with E-state index in [1.165, 1.54) is 6.92 Å². The zero-order chi connectivity index (χ0) is 42.4. The van der Waals surface area contributed by atoms with Crippen molar-refractivity contribution < 1.29 is 104 Å². The number of nitrogens with two attached hydrogens (primary N) is 3. The third kappa shape index (κ3) is 10.9. The molecular weight excluding hydrogens is 774 g/mol. The molecule has 0 aromatic rings. The maximum Gasteiger partial charge on any atom is 0.364 e. The van der Waals surface area contributed by atoms with Crippen LogP contribution in [0, 0.1) is 0 Å². The molecule has 18 N–H and O–H groups in total. The van der Waals surface area contributed by atoms with Gasteiger partial charge in [0, 0.05) is 13.0 Å². The molecule has 0 unspecified atom stereocenters. The number of aliphatic hydroxyl groups is 11. The second-order valence-electron chi connectivity index (χ2n) is 14.8. The fourth-order valence-corrected chi connectivity index (χ4v) is 7.18. The Morgan fingerprint density at radius 2 is 1.37 bits per heavy atom. The van der Waals surface area contributed by atoms with Crippen LogP contribution in [0.2, 0.25) is 0 Å². The van der Waals surface area contributed by atoms with Gasteiger partial charge in [-0.25, -0.2) is 4.79 Å². The molecule has 4 saturated heterocycles. The summed E-state index contributed by atoms with van der Waals surface area (Å²) in [5, 5.41) is 126. The molecule has 0 radical (unpaired) electrons. The summed E-state index contributed by atoms with van der Waals surface area (Å²) in [6, 6.07) is -2.84. The van der Waals surface area contributed by atoms with Gasteiger partial charge in [-0.05, 0) is 26.3 Å². The van der Waals surface area contributed by atoms with Crippen molar-refractivity contribution in [1.29, 1.82) is 0 Å². The molecule has 4 aliphatic rings. The molecular formula is C33H61N3O21. The summed E-state index contributed by atoms with van der Waals surface area (Å²) in [4.78, 5) is 12.8. The van der Waals surface area contributed by atoms with Crippen LogP contribution in [0.15, 0.2) is 0 Å². The first-order chi connectivity index (χ1) is 27.0. The van der Waals surface area contributed by atoms with Crippen molar-refractivity contribution in [2.75, 3.05) is 33.0 Å². The second-order valence-corrected chi connectivity index (χ2v) is 14.8. The Bertz CT molecular complexity index is 1230. The molecule has 4 fully saturated rings. The molecule has 0 aliphatic carbocycles. The number of carboxylic acid groups (broad SMARTS) is 1. The van der Waals surface area contributed by atoms with Crippen molar-refractivity contribution >= 4 is 5.97 Å². The number of hydrogen-bond donors (Lipinski definition) is 15. The maximum atomic E-state index is 12.8. The first kappa shape index (κ1) is 48.3. The number of carbonyl (C=O) groups is 1. The molecule has 4 rings (SSSR count). The van der Waals surface area contributed by atoms with E-state index >= 15 is 0 Å². The van der Waals surface area contributed by atoms with Crippen LogP contribution in [-0.2, 0) is 42.7 Å². The maximum absolute atomic E-state index is 12.8. The van der Waals surface area contributed by atoms with E-state index in [2.05, 4.69) is 0 Å². The normalized spacial score (nSPS) is 45.4. The van der Waals surface area contributed by atoms with Crippen LogP contribution >= 0.6 is 0 Å². The van der Waals surface area contributed by atoms with Crippen LogP contribution in [-0.4, -0.2) is 229 Å². The molecule has 334 valence electrons. The van der Waals surface area contributed by atoms with E-state index in [4.69, 9.17) is 55.1 Å². The number of rotatable bonds is 19. The molecule has 4 heterocycles. The minimum Gasteiger partial charge on any atom is -0.477 e. The third-order valence-electron chi connectivity index (χ3n) is 10.7. The summed E-state index contributed by atoms with van der Waals surface area (Å²) in [7, 11) is 0. The van der Waals surface area contributed by atoms with Gasteiger partial charge in [-0.3, -0.25) is 0 Å². The monoisotopic (exact) mass is 835 g/mol. The Hall–Kier alpha value is -1.41. The SMILES string of the molecule is C[C@@H]1O[C@@H](O[C@@H]2[C@@H](N)[C@H](OCCCCCCN)O[C@H](CO)[C@H]2O[C@@H]2O[C@H](CO)[C@H](O)[C@H](O[C@]3(C(=O)O)C[C@H](O)[C@@H](N)[C@H]([C@H](O)[C@H](O)CO)O3)[C@H]2O)[C@@H](O)[C@H](O)[C@@H]1O. The van der Waals surface area contributed by atoms with Crippen LogP contribution in [0.5, 0.6) is 0 Å². The molecule has 57 heavy (non-hydrogen) atoms. The van der Waals surface area contributed by atoms with Crippen molar-refractivity contribution in [3.05, 3.63) is 0 Å². The average Bonchev–Trinajstić information content (AvgIpc) is 3.19. The number of carboxylic acids is 1. The van der Waals surface area contributed by atoms with E-state index in [1.54, 1.807) is 0 Å². The lowest BCUT2D eigenvalue weighted by Gasteiger charge is -2.51. The predicted octanol–water partition coefficient (Wildman–Crippen LogP) is -8.04. The zero-order valence-corrected chi connectivity index (χ0v) is 31.4. The van der Waals surface area contributed by atoms with Crippen molar-refractivity contribution in [1.82, 2.24) is 0 Å². The van der Waals surface area contributed by atoms with Gasteiger partial charge in [-0.1, -0.05) is 12.8 Å². The highest BCUT2D eigenvalue weighted by Gasteiger charge is 2.60. The van der Waals surface area contributed by atoms with E-state index in [-0.39, 0.29) is 6.61 Å². The number of ether oxygens (including phenoxy) is 8. The summed E-state index contributed by atoms with van der Waals surface area (Å²) in [6.07, 6.45) is -29.2. The largest absolute Gasteiger partial charge is 0.477 e. The minimum absolute atomic E-state index is 0.146. The van der Waals surface area contributed by atoms with Crippen LogP contribution in [0.4, 0.5) is 0 Å². The first-order valence-electron chi connectivity index (χ1n) is 18.9. The van der Waals surface area contributed by atoms with Crippen LogP contribution in [0.1, 0.15) is 39.0 Å². The van der Waals surface area contributed by atoms with E-state index in [0.29, 0.717) is 13.0 Å². The number of aliphatic carboxylic acids is 1. The fraction of sp³-hybridized carbons (Fsp3) is 0.970. The van der Waals surface area contributed by atoms with Gasteiger partial charge in [0.05, 0.1) is 44.1 Å². The summed E-state index contributed by atoms with van der Waals surface area (Å²) < 4.78 is 46.5. The highest BCUT2D eigenvalue weighted by molar-refractivity contribution is 5.76. The van der Waals surface area contributed by atoms with Gasteiger partial charge in [-0.2, -0.15) is 0 Å². The first-order valence-corrected chi connectivity index (χ1v) is 18.9. The van der Waals surface area contributed by atoms with E-state index in [9.17, 15) is 66.1 Å². The Morgan fingerprint density at radius 3 is 1.98 bits per heavy atom. The number of hydrogen-bond acceptors (Lipinski definition) is 23. The molecule has 0 spiro atoms. The van der Waals surface area contributed by atoms with Crippen molar-refractivity contribution in [2.24, 2.45) is 17.2 Å². The number of unbranched alkanes of at least 4 members (excludes halogenated alkanes) is 3. The van der Waals surface area contributed by atoms with E-state index < -0.39 is 161 Å². The van der Waals surface area contributed by atoms with Gasteiger partial charge in [0.25, 0.3) is 5.79 Å². The van der Waals surface area contributed by atoms with Crippen molar-refractivity contribution in [3.8, 4) is 0 Å². The van der Waals surface area contributed by atoms with Gasteiger partial charge in [0.15, 0.2) is 18.9 Å². The molecule has 0 aromatic carbocycles. The molecule has 0 amide bonds. The van der Waals surface area contributed by atoms with E-state index in [1.807, 2.05) is 0 Å². The van der Waals surface area contributed by atoms with Gasteiger partial charge < -0.3 is 116 Å². The second kappa shape index (κ2) is 21.4. The lowest BCUT2D eigenvalue weighted by molar-refractivity contribution is -0.390. The summed E-state index contributed by atoms with van der Waals surface area (Å²) in [6.45, 7) is -0.732. The Balaban J connectivity index is 1.64. The van der Waals surface area contributed by atoms with Crippen LogP contribution < -0.4 is 17.2 Å². The third-order valence-corrected chi connectivity index (χ3v) is 10.7. The highest BCUT2D eigenvalue weighted by Crippen LogP contribution is 2.38. The quantitative estimate of drug-likeness (QED) is 0.0537. The standard InChI is InChI=1S/C33H61N3O21/c1-12-19(42)22(45)23(46)30(51-12)55-27-18(36)29(50-7-5-3-2-4-6-34)53-16(11-39)25(27)54-31-24(47)28(21(44)15(10-38)52-31)57-33(32(48)49)8-13(40)17(35)26(56-33)20(43)14(41)9-37/h12-31,37-47H,2-11,34-36H2,1H3,(H,48,49)/t12-,13-,14+,15+,16+,17+,18+,19+,20+,21-,22+,23-,24+,25+,26+,27+,28-,29+,30-,31-,33-/m0/s1. The lowest BCUT2D eigenvalue weighted by Crippen LogP contribution is -2.70. The molecule has 0 saturated carbocycles. The van der Waals surface area contributed by atoms with Crippen LogP contribution in [0.3, 0.4) is 0 Å². The summed E-state index contributed by atoms with van der Waals surface area (Å²) >= 11 is 0. The molecule has 24 heteroatoms. The summed E-state index contributed by atoms with van der Waals surface area (Å²) in [5.74, 6) is -4.93. The molecule has 21 atom stereocenters. The molecule has 0 bridgehead atoms. The number of aliphatic hydroxyl groups excluding tert-OH is 11. The Morgan fingerprint density at radius 1 is 0.754 bits per heavy atom. The van der Waals surface area contributed by atoms with Gasteiger partial charge in [0.1, 0.15) is 79.4 Å². The van der Waals surface area contributed by atoms with Crippen molar-refractivity contribution in [2.45, 2.75) is 167 Å². The molecule has 0 aromatic heterocycles. The van der Waals surface area contributed by atoms with Crippen LogP contribution in [0.25, 0.3) is 0 Å². The van der Waals surface area contributed by atoms with Gasteiger partial charge >= 0.3 is 5.97 Å². The molecule has 24 nitrogen and oxygen atoms in total. The average molecular weight is 836 g/mol. The van der Waals surface area contributed by atoms with E-state index in [0.717, 1.165) is 19.3 Å². The topological polar surface area (TPSA) is 412 Å². The minimum atomic E-state index is -2.99. The predicted molar refractivity (Wildman–Crippen MR) is 185 cm³/mol. The fourth-order valence-electron chi connectivity index (χ4n) is 7.18. The zero-order valence-electron chi connectivity index (χ0n) is 31.4. The Kier molecular flexibility index (Phi) is 18.1. The molecule has 4 aliphatic heterocycles. The highest BCUT2D eigenvalue weighted by atomic mass is 16.8. The lowest BCUT2D eigenvalue weighted by atomic mass is 9.88. The van der Waals surface area contributed by atoms with Gasteiger partial charge in [-0.15, -0.1) is 0 Å².